The Morgan fingerprint density at radius 2 is 2.39 bits per heavy atom. The Balaban J connectivity index is 2.14. The van der Waals surface area contributed by atoms with Crippen molar-refractivity contribution >= 4 is 11.7 Å². The molecule has 1 unspecified atom stereocenters. The van der Waals surface area contributed by atoms with Crippen LogP contribution in [0.3, 0.4) is 0 Å². The van der Waals surface area contributed by atoms with E-state index >= 15 is 0 Å². The first-order chi connectivity index (χ1) is 8.52. The molecule has 0 amide bonds. The maximum Gasteiger partial charge on any atom is 0.340 e. The van der Waals surface area contributed by atoms with Gasteiger partial charge in [-0.05, 0) is 31.9 Å². The Hall–Kier alpha value is -1.62. The minimum atomic E-state index is -1.27. The molecule has 1 aliphatic rings. The fourth-order valence-corrected chi connectivity index (χ4v) is 2.15. The number of hydrogen-bond acceptors (Lipinski definition) is 3. The highest BCUT2D eigenvalue weighted by Crippen LogP contribution is 2.26. The van der Waals surface area contributed by atoms with Crippen LogP contribution < -0.4 is 5.32 Å². The summed E-state index contributed by atoms with van der Waals surface area (Å²) in [6, 6.07) is 4.19. The van der Waals surface area contributed by atoms with Gasteiger partial charge in [-0.3, -0.25) is 0 Å². The van der Waals surface area contributed by atoms with Gasteiger partial charge in [0, 0.05) is 13.2 Å². The van der Waals surface area contributed by atoms with Crippen molar-refractivity contribution in [3.05, 3.63) is 29.6 Å². The Labute approximate surface area is 105 Å². The van der Waals surface area contributed by atoms with E-state index in [1.165, 1.54) is 6.07 Å². The van der Waals surface area contributed by atoms with Gasteiger partial charge in [0.25, 0.3) is 0 Å². The molecule has 0 bridgehead atoms. The van der Waals surface area contributed by atoms with E-state index < -0.39 is 11.8 Å². The van der Waals surface area contributed by atoms with Gasteiger partial charge in [-0.1, -0.05) is 6.07 Å². The number of carbonyl (C=O) groups is 1. The van der Waals surface area contributed by atoms with Gasteiger partial charge >= 0.3 is 5.97 Å². The summed E-state index contributed by atoms with van der Waals surface area (Å²) >= 11 is 0. The van der Waals surface area contributed by atoms with Crippen molar-refractivity contribution in [2.45, 2.75) is 25.4 Å². The van der Waals surface area contributed by atoms with Gasteiger partial charge in [-0.2, -0.15) is 0 Å². The number of halogens is 1. The minimum Gasteiger partial charge on any atom is -0.478 e. The van der Waals surface area contributed by atoms with Crippen molar-refractivity contribution in [1.29, 1.82) is 0 Å². The summed E-state index contributed by atoms with van der Waals surface area (Å²) in [5, 5.41) is 12.0. The molecular formula is C13H16FNO3. The minimum absolute atomic E-state index is 0.291. The molecule has 0 saturated carbocycles. The van der Waals surface area contributed by atoms with Crippen molar-refractivity contribution in [2.24, 2.45) is 0 Å². The second-order valence-electron chi connectivity index (χ2n) is 4.72. The topological polar surface area (TPSA) is 58.6 Å². The summed E-state index contributed by atoms with van der Waals surface area (Å²) in [5.41, 5.74) is -0.333. The van der Waals surface area contributed by atoms with Crippen LogP contribution in [0, 0.1) is 5.82 Å². The van der Waals surface area contributed by atoms with Crippen LogP contribution in [0.25, 0.3) is 0 Å². The summed E-state index contributed by atoms with van der Waals surface area (Å²) in [5.74, 6) is -2.00. The lowest BCUT2D eigenvalue weighted by Gasteiger charge is -2.24. The Bertz CT molecular complexity index is 456. The lowest BCUT2D eigenvalue weighted by molar-refractivity contribution is 0.0314. The highest BCUT2D eigenvalue weighted by molar-refractivity contribution is 5.94. The largest absolute Gasteiger partial charge is 0.478 e. The number of anilines is 1. The number of hydrogen-bond donors (Lipinski definition) is 2. The summed E-state index contributed by atoms with van der Waals surface area (Å²) in [4.78, 5) is 11.0. The van der Waals surface area contributed by atoms with Crippen molar-refractivity contribution in [2.75, 3.05) is 18.5 Å². The van der Waals surface area contributed by atoms with Gasteiger partial charge in [-0.25, -0.2) is 9.18 Å². The van der Waals surface area contributed by atoms with Crippen LogP contribution in [0.4, 0.5) is 10.1 Å². The lowest BCUT2D eigenvalue weighted by atomic mass is 10.0. The van der Waals surface area contributed by atoms with E-state index in [2.05, 4.69) is 5.32 Å². The molecule has 1 aromatic rings. The van der Waals surface area contributed by atoms with E-state index in [9.17, 15) is 9.18 Å². The third kappa shape index (κ3) is 2.61. The van der Waals surface area contributed by atoms with Gasteiger partial charge in [0.15, 0.2) is 0 Å². The van der Waals surface area contributed by atoms with Crippen molar-refractivity contribution in [3.8, 4) is 0 Å². The number of rotatable bonds is 4. The quantitative estimate of drug-likeness (QED) is 0.865. The molecule has 5 heteroatoms. The predicted octanol–water partition coefficient (Wildman–Crippen LogP) is 2.50. The van der Waals surface area contributed by atoms with Crippen LogP contribution in [0.5, 0.6) is 0 Å². The van der Waals surface area contributed by atoms with Crippen molar-refractivity contribution in [1.82, 2.24) is 0 Å². The molecule has 98 valence electrons. The molecular weight excluding hydrogens is 237 g/mol. The standard InChI is InChI=1S/C13H16FNO3/c1-13(6-3-7-18-13)8-15-10-5-2-4-9(14)11(10)12(16)17/h2,4-5,15H,3,6-8H2,1H3,(H,16,17). The van der Waals surface area contributed by atoms with Crippen molar-refractivity contribution < 1.29 is 19.0 Å². The fraction of sp³-hybridized carbons (Fsp3) is 0.462. The molecule has 2 N–H and O–H groups in total. The average Bonchev–Trinajstić information content (AvgIpc) is 2.73. The van der Waals surface area contributed by atoms with E-state index in [-0.39, 0.29) is 11.2 Å². The zero-order valence-electron chi connectivity index (χ0n) is 10.2. The van der Waals surface area contributed by atoms with Crippen LogP contribution in [-0.2, 0) is 4.74 Å². The second-order valence-corrected chi connectivity index (χ2v) is 4.72. The first-order valence-electron chi connectivity index (χ1n) is 5.91. The number of nitrogens with one attached hydrogen (secondary N) is 1. The van der Waals surface area contributed by atoms with Gasteiger partial charge in [0.05, 0.1) is 11.3 Å². The van der Waals surface area contributed by atoms with Gasteiger partial charge in [0.2, 0.25) is 0 Å². The number of ether oxygens (including phenoxy) is 1. The van der Waals surface area contributed by atoms with E-state index in [4.69, 9.17) is 9.84 Å². The molecule has 0 radical (unpaired) electrons. The van der Waals surface area contributed by atoms with Crippen LogP contribution >= 0.6 is 0 Å². The Kier molecular flexibility index (Phi) is 3.52. The second kappa shape index (κ2) is 4.94. The maximum atomic E-state index is 13.4. The molecule has 1 saturated heterocycles. The lowest BCUT2D eigenvalue weighted by Crippen LogP contribution is -2.33. The molecule has 1 atom stereocenters. The SMILES string of the molecule is CC1(CNc2cccc(F)c2C(=O)O)CCCO1. The molecule has 4 nitrogen and oxygen atoms in total. The predicted molar refractivity (Wildman–Crippen MR) is 65.4 cm³/mol. The van der Waals surface area contributed by atoms with E-state index in [0.29, 0.717) is 18.8 Å². The maximum absolute atomic E-state index is 13.4. The van der Waals surface area contributed by atoms with Gasteiger partial charge < -0.3 is 15.2 Å². The first-order valence-corrected chi connectivity index (χ1v) is 5.91. The molecule has 1 fully saturated rings. The highest BCUT2D eigenvalue weighted by Gasteiger charge is 2.30. The number of benzene rings is 1. The van der Waals surface area contributed by atoms with Crippen LogP contribution in [0.15, 0.2) is 18.2 Å². The molecule has 2 rings (SSSR count). The summed E-state index contributed by atoms with van der Waals surface area (Å²) < 4.78 is 19.0. The Morgan fingerprint density at radius 1 is 1.61 bits per heavy atom. The summed E-state index contributed by atoms with van der Waals surface area (Å²) in [6.07, 6.45) is 1.91. The number of aromatic carboxylic acids is 1. The third-order valence-corrected chi connectivity index (χ3v) is 3.18. The number of carboxylic acids is 1. The highest BCUT2D eigenvalue weighted by atomic mass is 19.1. The number of carboxylic acid groups (broad SMARTS) is 1. The van der Waals surface area contributed by atoms with E-state index in [1.807, 2.05) is 6.92 Å². The third-order valence-electron chi connectivity index (χ3n) is 3.18. The zero-order chi connectivity index (χ0) is 13.2. The van der Waals surface area contributed by atoms with Crippen molar-refractivity contribution in [3.63, 3.8) is 0 Å². The molecule has 18 heavy (non-hydrogen) atoms. The van der Waals surface area contributed by atoms with E-state index in [1.54, 1.807) is 6.07 Å². The molecule has 1 heterocycles. The molecule has 1 aromatic carbocycles. The molecule has 0 spiro atoms. The molecule has 0 aliphatic carbocycles. The van der Waals surface area contributed by atoms with Gasteiger partial charge in [0.1, 0.15) is 11.4 Å². The normalized spacial score (nSPS) is 23.0. The van der Waals surface area contributed by atoms with Crippen LogP contribution in [-0.4, -0.2) is 29.8 Å². The van der Waals surface area contributed by atoms with E-state index in [0.717, 1.165) is 18.9 Å². The summed E-state index contributed by atoms with van der Waals surface area (Å²) in [6.45, 7) is 3.15. The Morgan fingerprint density at radius 3 is 3.00 bits per heavy atom. The van der Waals surface area contributed by atoms with Gasteiger partial charge in [-0.15, -0.1) is 0 Å². The first kappa shape index (κ1) is 12.8. The molecule has 1 aliphatic heterocycles. The fourth-order valence-electron chi connectivity index (χ4n) is 2.15. The zero-order valence-corrected chi connectivity index (χ0v) is 10.2. The van der Waals surface area contributed by atoms with Crippen LogP contribution in [0.1, 0.15) is 30.1 Å². The average molecular weight is 253 g/mol. The monoisotopic (exact) mass is 253 g/mol. The smallest absolute Gasteiger partial charge is 0.340 e. The summed E-state index contributed by atoms with van der Waals surface area (Å²) in [7, 11) is 0. The molecule has 0 aromatic heterocycles. The van der Waals surface area contributed by atoms with Crippen LogP contribution in [0.2, 0.25) is 0 Å².